The maximum Gasteiger partial charge on any atom is 0.240 e. The van der Waals surface area contributed by atoms with Gasteiger partial charge in [-0.1, -0.05) is 30.5 Å². The Kier molecular flexibility index (Phi) is 5.46. The van der Waals surface area contributed by atoms with E-state index in [0.717, 1.165) is 19.4 Å². The number of thioether (sulfide) groups is 1. The topological polar surface area (TPSA) is 55.1 Å². The van der Waals surface area contributed by atoms with Crippen LogP contribution in [0.15, 0.2) is 29.2 Å². The number of benzene rings is 1. The van der Waals surface area contributed by atoms with Gasteiger partial charge in [0, 0.05) is 16.2 Å². The maximum atomic E-state index is 12.1. The average molecular weight is 341 g/mol. The van der Waals surface area contributed by atoms with Crippen LogP contribution >= 0.6 is 24.2 Å². The molecular formula is C17H25ClN2OS. The molecule has 0 radical (unpaired) electrons. The summed E-state index contributed by atoms with van der Waals surface area (Å²) in [6, 6.07) is 8.69. The molecule has 2 aliphatic carbocycles. The summed E-state index contributed by atoms with van der Waals surface area (Å²) in [7, 11) is 0. The highest BCUT2D eigenvalue weighted by Crippen LogP contribution is 2.45. The highest BCUT2D eigenvalue weighted by molar-refractivity contribution is 8.00. The molecule has 0 heterocycles. The van der Waals surface area contributed by atoms with E-state index >= 15 is 0 Å². The number of nitrogens with two attached hydrogens (primary N) is 1. The fourth-order valence-corrected chi connectivity index (χ4v) is 4.38. The number of aryl methyl sites for hydroxylation is 1. The van der Waals surface area contributed by atoms with Crippen LogP contribution in [0.5, 0.6) is 0 Å². The summed E-state index contributed by atoms with van der Waals surface area (Å²) in [5, 5.41) is 3.11. The highest BCUT2D eigenvalue weighted by Gasteiger charge is 2.46. The Hall–Kier alpha value is -0.710. The Morgan fingerprint density at radius 2 is 1.77 bits per heavy atom. The molecule has 0 unspecified atom stereocenters. The van der Waals surface area contributed by atoms with Crippen LogP contribution < -0.4 is 11.1 Å². The molecule has 3 N–H and O–H groups in total. The Bertz CT molecular complexity index is 522. The lowest BCUT2D eigenvalue weighted by atomic mass is 10.1. The van der Waals surface area contributed by atoms with Crippen LogP contribution in [0.4, 0.5) is 0 Å². The Labute approximate surface area is 143 Å². The Morgan fingerprint density at radius 1 is 1.18 bits per heavy atom. The third-order valence-corrected chi connectivity index (χ3v) is 6.18. The van der Waals surface area contributed by atoms with Gasteiger partial charge >= 0.3 is 0 Å². The van der Waals surface area contributed by atoms with Gasteiger partial charge in [-0.15, -0.1) is 24.2 Å². The minimum absolute atomic E-state index is 0. The first-order valence-corrected chi connectivity index (χ1v) is 8.66. The van der Waals surface area contributed by atoms with Crippen molar-refractivity contribution in [1.29, 1.82) is 0 Å². The molecule has 22 heavy (non-hydrogen) atoms. The number of carbonyl (C=O) groups excluding carboxylic acids is 1. The van der Waals surface area contributed by atoms with E-state index in [9.17, 15) is 4.79 Å². The number of hydrogen-bond donors (Lipinski definition) is 2. The SMILES string of the molecule is Cc1ccc(SC2(CNC(=O)C3(N)CC3)CCCC2)cc1.Cl. The molecular weight excluding hydrogens is 316 g/mol. The molecule has 1 aromatic rings. The first-order valence-electron chi connectivity index (χ1n) is 7.84. The summed E-state index contributed by atoms with van der Waals surface area (Å²) >= 11 is 1.92. The zero-order valence-corrected chi connectivity index (χ0v) is 14.7. The lowest BCUT2D eigenvalue weighted by Gasteiger charge is -2.29. The van der Waals surface area contributed by atoms with Crippen LogP contribution in [0.2, 0.25) is 0 Å². The van der Waals surface area contributed by atoms with Crippen LogP contribution in [0, 0.1) is 6.92 Å². The summed E-state index contributed by atoms with van der Waals surface area (Å²) in [6.45, 7) is 2.85. The maximum absolute atomic E-state index is 12.1. The molecule has 2 saturated carbocycles. The van der Waals surface area contributed by atoms with E-state index in [4.69, 9.17) is 5.73 Å². The van der Waals surface area contributed by atoms with E-state index in [2.05, 4.69) is 36.5 Å². The van der Waals surface area contributed by atoms with Crippen molar-refractivity contribution in [3.63, 3.8) is 0 Å². The fourth-order valence-electron chi connectivity index (χ4n) is 2.97. The minimum Gasteiger partial charge on any atom is -0.353 e. The summed E-state index contributed by atoms with van der Waals surface area (Å²) in [4.78, 5) is 13.4. The first-order chi connectivity index (χ1) is 10.0. The Morgan fingerprint density at radius 3 is 2.32 bits per heavy atom. The van der Waals surface area contributed by atoms with Crippen LogP contribution in [-0.2, 0) is 4.79 Å². The predicted molar refractivity (Wildman–Crippen MR) is 94.6 cm³/mol. The molecule has 0 aromatic heterocycles. The van der Waals surface area contributed by atoms with Crippen molar-refractivity contribution < 1.29 is 4.79 Å². The molecule has 0 spiro atoms. The van der Waals surface area contributed by atoms with Crippen molar-refractivity contribution >= 4 is 30.1 Å². The number of halogens is 1. The highest BCUT2D eigenvalue weighted by atomic mass is 35.5. The second-order valence-corrected chi connectivity index (χ2v) is 8.19. The van der Waals surface area contributed by atoms with E-state index < -0.39 is 5.54 Å². The van der Waals surface area contributed by atoms with Gasteiger partial charge in [0.2, 0.25) is 5.91 Å². The molecule has 0 saturated heterocycles. The quantitative estimate of drug-likeness (QED) is 0.863. The second-order valence-electron chi connectivity index (χ2n) is 6.64. The van der Waals surface area contributed by atoms with Gasteiger partial charge in [-0.25, -0.2) is 0 Å². The smallest absolute Gasteiger partial charge is 0.240 e. The van der Waals surface area contributed by atoms with Crippen molar-refractivity contribution in [1.82, 2.24) is 5.32 Å². The lowest BCUT2D eigenvalue weighted by molar-refractivity contribution is -0.123. The van der Waals surface area contributed by atoms with Gasteiger partial charge in [0.1, 0.15) is 0 Å². The standard InChI is InChI=1S/C17H24N2OS.ClH/c1-13-4-6-14(7-5-13)21-16(8-2-3-9-16)12-19-15(20)17(18)10-11-17;/h4-7H,2-3,8-12,18H2,1H3,(H,19,20);1H. The predicted octanol–water partition coefficient (Wildman–Crippen LogP) is 3.43. The molecule has 0 aliphatic heterocycles. The minimum atomic E-state index is -0.561. The van der Waals surface area contributed by atoms with Crippen LogP contribution in [-0.4, -0.2) is 22.7 Å². The third kappa shape index (κ3) is 3.98. The summed E-state index contributed by atoms with van der Waals surface area (Å²) in [6.07, 6.45) is 6.51. The molecule has 1 aromatic carbocycles. The normalized spacial score (nSPS) is 21.0. The van der Waals surface area contributed by atoms with Crippen LogP contribution in [0.3, 0.4) is 0 Å². The van der Waals surface area contributed by atoms with Crippen molar-refractivity contribution in [3.8, 4) is 0 Å². The largest absolute Gasteiger partial charge is 0.353 e. The van der Waals surface area contributed by atoms with E-state index in [1.807, 2.05) is 11.8 Å². The molecule has 0 bridgehead atoms. The summed E-state index contributed by atoms with van der Waals surface area (Å²) in [5.41, 5.74) is 6.69. The van der Waals surface area contributed by atoms with Gasteiger partial charge in [0.15, 0.2) is 0 Å². The van der Waals surface area contributed by atoms with Gasteiger partial charge in [0.25, 0.3) is 0 Å². The van der Waals surface area contributed by atoms with E-state index in [1.165, 1.54) is 36.1 Å². The van der Waals surface area contributed by atoms with E-state index in [1.54, 1.807) is 0 Å². The summed E-state index contributed by atoms with van der Waals surface area (Å²) in [5.74, 6) is 0.0401. The van der Waals surface area contributed by atoms with Gasteiger partial charge in [-0.3, -0.25) is 4.79 Å². The van der Waals surface area contributed by atoms with Gasteiger partial charge in [0.05, 0.1) is 5.54 Å². The number of nitrogens with one attached hydrogen (secondary N) is 1. The van der Waals surface area contributed by atoms with Gasteiger partial charge < -0.3 is 11.1 Å². The number of amides is 1. The zero-order valence-electron chi connectivity index (χ0n) is 13.1. The first kappa shape index (κ1) is 17.6. The molecule has 0 atom stereocenters. The Balaban J connectivity index is 0.00000176. The van der Waals surface area contributed by atoms with E-state index in [-0.39, 0.29) is 23.1 Å². The molecule has 2 aliphatic rings. The molecule has 2 fully saturated rings. The number of hydrogen-bond acceptors (Lipinski definition) is 3. The monoisotopic (exact) mass is 340 g/mol. The van der Waals surface area contributed by atoms with Crippen molar-refractivity contribution in [2.75, 3.05) is 6.54 Å². The molecule has 122 valence electrons. The number of carbonyl (C=O) groups is 1. The second kappa shape index (κ2) is 6.81. The molecule has 1 amide bonds. The van der Waals surface area contributed by atoms with E-state index in [0.29, 0.717) is 0 Å². The van der Waals surface area contributed by atoms with Crippen LogP contribution in [0.25, 0.3) is 0 Å². The van der Waals surface area contributed by atoms with Gasteiger partial charge in [-0.2, -0.15) is 0 Å². The zero-order chi connectivity index (χ0) is 14.9. The lowest BCUT2D eigenvalue weighted by Crippen LogP contribution is -2.47. The summed E-state index contributed by atoms with van der Waals surface area (Å²) < 4.78 is 0.149. The van der Waals surface area contributed by atoms with Crippen molar-refractivity contribution in [2.45, 2.75) is 60.6 Å². The molecule has 5 heteroatoms. The molecule has 3 rings (SSSR count). The van der Waals surface area contributed by atoms with Crippen molar-refractivity contribution in [2.24, 2.45) is 5.73 Å². The van der Waals surface area contributed by atoms with Crippen LogP contribution in [0.1, 0.15) is 44.1 Å². The van der Waals surface area contributed by atoms with Gasteiger partial charge in [-0.05, 0) is 44.7 Å². The third-order valence-electron chi connectivity index (χ3n) is 4.68. The molecule has 3 nitrogen and oxygen atoms in total. The van der Waals surface area contributed by atoms with Crippen molar-refractivity contribution in [3.05, 3.63) is 29.8 Å². The number of rotatable bonds is 5. The average Bonchev–Trinajstić information content (AvgIpc) is 3.07. The fraction of sp³-hybridized carbons (Fsp3) is 0.588.